The molecule has 0 atom stereocenters. The van der Waals surface area contributed by atoms with Crippen LogP contribution in [0.1, 0.15) is 43.2 Å². The van der Waals surface area contributed by atoms with E-state index in [1.54, 1.807) is 0 Å². The molecule has 1 aliphatic carbocycles. The monoisotopic (exact) mass is 290 g/mol. The number of nitrogens with one attached hydrogen (secondary N) is 2. The number of aliphatic carboxylic acids is 1. The van der Waals surface area contributed by atoms with Crippen LogP contribution < -0.4 is 10.6 Å². The highest BCUT2D eigenvalue weighted by Gasteiger charge is 2.40. The molecular formula is C16H22N2O3. The molecule has 0 saturated heterocycles. The molecule has 0 bridgehead atoms. The number of hydrogen-bond donors (Lipinski definition) is 3. The van der Waals surface area contributed by atoms with E-state index in [0.29, 0.717) is 18.5 Å². The van der Waals surface area contributed by atoms with Gasteiger partial charge in [-0.15, -0.1) is 0 Å². The number of carbonyl (C=O) groups is 2. The Bertz CT molecular complexity index is 528. The first kappa shape index (κ1) is 15.4. The highest BCUT2D eigenvalue weighted by atomic mass is 16.4. The molecule has 0 radical (unpaired) electrons. The minimum absolute atomic E-state index is 0.454. The average Bonchev–Trinajstić information content (AvgIpc) is 2.37. The van der Waals surface area contributed by atoms with Crippen LogP contribution in [-0.4, -0.2) is 22.6 Å². The third-order valence-electron chi connectivity index (χ3n) is 3.95. The number of aryl methyl sites for hydroxylation is 2. The third kappa shape index (κ3) is 3.74. The predicted octanol–water partition coefficient (Wildman–Crippen LogP) is 3.21. The highest BCUT2D eigenvalue weighted by molar-refractivity contribution is 5.94. The number of rotatable bonds is 3. The summed E-state index contributed by atoms with van der Waals surface area (Å²) in [5.74, 6) is -0.947. The lowest BCUT2D eigenvalue weighted by Crippen LogP contribution is -2.56. The predicted molar refractivity (Wildman–Crippen MR) is 81.5 cm³/mol. The average molecular weight is 290 g/mol. The summed E-state index contributed by atoms with van der Waals surface area (Å²) in [6.45, 7) is 3.91. The van der Waals surface area contributed by atoms with E-state index in [2.05, 4.69) is 10.6 Å². The molecule has 2 rings (SSSR count). The zero-order chi connectivity index (χ0) is 15.5. The molecule has 1 aromatic rings. The van der Waals surface area contributed by atoms with Gasteiger partial charge in [0, 0.05) is 5.69 Å². The van der Waals surface area contributed by atoms with Gasteiger partial charge < -0.3 is 15.7 Å². The number of carboxylic acids is 1. The lowest BCUT2D eigenvalue weighted by Gasteiger charge is -2.33. The highest BCUT2D eigenvalue weighted by Crippen LogP contribution is 2.28. The summed E-state index contributed by atoms with van der Waals surface area (Å²) in [6, 6.07) is 5.29. The molecule has 1 aliphatic rings. The number of carboxylic acid groups (broad SMARTS) is 1. The maximum absolute atomic E-state index is 12.1. The van der Waals surface area contributed by atoms with Gasteiger partial charge in [0.15, 0.2) is 0 Å². The van der Waals surface area contributed by atoms with Crippen molar-refractivity contribution in [2.45, 2.75) is 51.5 Å². The SMILES string of the molecule is Cc1cc(C)cc(NC(=O)NC2(C(=O)O)CCCCC2)c1. The van der Waals surface area contributed by atoms with Gasteiger partial charge in [0.05, 0.1) is 0 Å². The van der Waals surface area contributed by atoms with Crippen molar-refractivity contribution in [3.05, 3.63) is 29.3 Å². The summed E-state index contributed by atoms with van der Waals surface area (Å²) in [5.41, 5.74) is 1.66. The molecule has 5 heteroatoms. The molecule has 3 N–H and O–H groups in total. The van der Waals surface area contributed by atoms with E-state index in [1.165, 1.54) is 0 Å². The van der Waals surface area contributed by atoms with Gasteiger partial charge in [-0.05, 0) is 49.9 Å². The third-order valence-corrected chi connectivity index (χ3v) is 3.95. The van der Waals surface area contributed by atoms with Crippen LogP contribution in [0.3, 0.4) is 0 Å². The largest absolute Gasteiger partial charge is 0.480 e. The Balaban J connectivity index is 2.07. The minimum Gasteiger partial charge on any atom is -0.480 e. The Morgan fingerprint density at radius 1 is 1.05 bits per heavy atom. The first-order chi connectivity index (χ1) is 9.91. The summed E-state index contributed by atoms with van der Waals surface area (Å²) < 4.78 is 0. The van der Waals surface area contributed by atoms with E-state index in [0.717, 1.165) is 30.4 Å². The molecule has 0 heterocycles. The number of anilines is 1. The molecule has 1 saturated carbocycles. The van der Waals surface area contributed by atoms with Gasteiger partial charge in [-0.2, -0.15) is 0 Å². The van der Waals surface area contributed by atoms with Crippen molar-refractivity contribution in [3.8, 4) is 0 Å². The van der Waals surface area contributed by atoms with E-state index < -0.39 is 17.5 Å². The molecule has 114 valence electrons. The van der Waals surface area contributed by atoms with Crippen LogP contribution in [0.25, 0.3) is 0 Å². The Kier molecular flexibility index (Phi) is 4.50. The van der Waals surface area contributed by atoms with Gasteiger partial charge in [-0.3, -0.25) is 0 Å². The minimum atomic E-state index is -1.12. The van der Waals surface area contributed by atoms with Crippen molar-refractivity contribution >= 4 is 17.7 Å². The molecule has 1 aromatic carbocycles. The Morgan fingerprint density at radius 2 is 1.62 bits per heavy atom. The topological polar surface area (TPSA) is 78.4 Å². The zero-order valence-corrected chi connectivity index (χ0v) is 12.5. The summed E-state index contributed by atoms with van der Waals surface area (Å²) in [7, 11) is 0. The molecule has 2 amide bonds. The number of urea groups is 1. The van der Waals surface area contributed by atoms with Crippen LogP contribution in [0, 0.1) is 13.8 Å². The first-order valence-electron chi connectivity index (χ1n) is 7.32. The van der Waals surface area contributed by atoms with Crippen molar-refractivity contribution in [1.82, 2.24) is 5.32 Å². The second-order valence-corrected chi connectivity index (χ2v) is 5.90. The van der Waals surface area contributed by atoms with Gasteiger partial charge in [-0.25, -0.2) is 9.59 Å². The van der Waals surface area contributed by atoms with Gasteiger partial charge in [-0.1, -0.05) is 25.3 Å². The van der Waals surface area contributed by atoms with Crippen molar-refractivity contribution in [2.24, 2.45) is 0 Å². The van der Waals surface area contributed by atoms with E-state index in [-0.39, 0.29) is 0 Å². The van der Waals surface area contributed by atoms with Crippen LogP contribution >= 0.6 is 0 Å². The Labute approximate surface area is 124 Å². The number of hydrogen-bond acceptors (Lipinski definition) is 2. The van der Waals surface area contributed by atoms with E-state index in [9.17, 15) is 14.7 Å². The van der Waals surface area contributed by atoms with Gasteiger partial charge in [0.1, 0.15) is 5.54 Å². The number of carbonyl (C=O) groups excluding carboxylic acids is 1. The van der Waals surface area contributed by atoms with Crippen LogP contribution in [-0.2, 0) is 4.79 Å². The summed E-state index contributed by atoms with van der Waals surface area (Å²) in [4.78, 5) is 23.7. The molecule has 5 nitrogen and oxygen atoms in total. The maximum atomic E-state index is 12.1. The van der Waals surface area contributed by atoms with Gasteiger partial charge in [0.25, 0.3) is 0 Å². The fourth-order valence-electron chi connectivity index (χ4n) is 2.97. The van der Waals surface area contributed by atoms with E-state index >= 15 is 0 Å². The van der Waals surface area contributed by atoms with Gasteiger partial charge in [0.2, 0.25) is 0 Å². The standard InChI is InChI=1S/C16H22N2O3/c1-11-8-12(2)10-13(9-11)17-15(21)18-16(14(19)20)6-4-3-5-7-16/h8-10H,3-7H2,1-2H3,(H,19,20)(H2,17,18,21). The van der Waals surface area contributed by atoms with Crippen molar-refractivity contribution in [1.29, 1.82) is 0 Å². The molecule has 0 unspecified atom stereocenters. The fraction of sp³-hybridized carbons (Fsp3) is 0.500. The van der Waals surface area contributed by atoms with Crippen LogP contribution in [0.5, 0.6) is 0 Å². The Hall–Kier alpha value is -2.04. The normalized spacial score (nSPS) is 17.0. The van der Waals surface area contributed by atoms with Crippen LogP contribution in [0.2, 0.25) is 0 Å². The number of amides is 2. The molecule has 0 aromatic heterocycles. The van der Waals surface area contributed by atoms with E-state index in [1.807, 2.05) is 32.0 Å². The summed E-state index contributed by atoms with van der Waals surface area (Å²) in [5, 5.41) is 14.9. The summed E-state index contributed by atoms with van der Waals surface area (Å²) in [6.07, 6.45) is 3.66. The lowest BCUT2D eigenvalue weighted by molar-refractivity contribution is -0.145. The molecule has 21 heavy (non-hydrogen) atoms. The van der Waals surface area contributed by atoms with Crippen LogP contribution in [0.15, 0.2) is 18.2 Å². The Morgan fingerprint density at radius 3 is 2.14 bits per heavy atom. The summed E-state index contributed by atoms with van der Waals surface area (Å²) >= 11 is 0. The molecule has 1 fully saturated rings. The number of benzene rings is 1. The molecule has 0 spiro atoms. The van der Waals surface area contributed by atoms with Crippen molar-refractivity contribution in [2.75, 3.05) is 5.32 Å². The molecule has 0 aliphatic heterocycles. The first-order valence-corrected chi connectivity index (χ1v) is 7.32. The fourth-order valence-corrected chi connectivity index (χ4v) is 2.97. The second kappa shape index (κ2) is 6.16. The second-order valence-electron chi connectivity index (χ2n) is 5.90. The molecular weight excluding hydrogens is 268 g/mol. The van der Waals surface area contributed by atoms with Crippen LogP contribution in [0.4, 0.5) is 10.5 Å². The quantitative estimate of drug-likeness (QED) is 0.799. The van der Waals surface area contributed by atoms with E-state index in [4.69, 9.17) is 0 Å². The zero-order valence-electron chi connectivity index (χ0n) is 12.5. The van der Waals surface area contributed by atoms with Gasteiger partial charge >= 0.3 is 12.0 Å². The smallest absolute Gasteiger partial charge is 0.329 e. The lowest BCUT2D eigenvalue weighted by atomic mass is 9.82. The van der Waals surface area contributed by atoms with Crippen molar-refractivity contribution in [3.63, 3.8) is 0 Å². The maximum Gasteiger partial charge on any atom is 0.329 e. The van der Waals surface area contributed by atoms with Crippen molar-refractivity contribution < 1.29 is 14.7 Å².